The molecule has 1 aliphatic rings. The topological polar surface area (TPSA) is 443 Å². The zero-order valence-corrected chi connectivity index (χ0v) is 53.1. The molecule has 0 aliphatic carbocycles. The summed E-state index contributed by atoms with van der Waals surface area (Å²) in [6, 6.07) is 1.18. The molecule has 0 radical (unpaired) electrons. The van der Waals surface area contributed by atoms with Crippen molar-refractivity contribution in [2.75, 3.05) is 39.3 Å². The number of carbonyl (C=O) groups is 11. The Morgan fingerprint density at radius 1 is 0.580 bits per heavy atom. The Hall–Kier alpha value is -6.09. The monoisotopic (exact) mass is 1240 g/mol. The van der Waals surface area contributed by atoms with E-state index in [1.165, 1.54) is 13.8 Å². The molecule has 498 valence electrons. The molecule has 0 bridgehead atoms. The number of benzene rings is 1. The smallest absolute Gasteiger partial charge is 0.243 e. The van der Waals surface area contributed by atoms with Crippen molar-refractivity contribution >= 4 is 64.5 Å². The molecule has 25 heteroatoms. The number of Topliss-reactive ketones (excluding diaryl/α,β-unsaturated/α-hetero) is 4. The van der Waals surface area contributed by atoms with E-state index in [2.05, 4.69) is 44.1 Å². The Kier molecular flexibility index (Phi) is 37.9. The van der Waals surface area contributed by atoms with Gasteiger partial charge >= 0.3 is 0 Å². The van der Waals surface area contributed by atoms with Gasteiger partial charge in [0.2, 0.25) is 41.4 Å². The molecule has 7 amide bonds. The molecule has 0 aromatic heterocycles. The third kappa shape index (κ3) is 28.2. The summed E-state index contributed by atoms with van der Waals surface area (Å²) in [5.74, 6) is -13.5. The highest BCUT2D eigenvalue weighted by atomic mass is 16.3. The quantitative estimate of drug-likeness (QED) is 0.0412. The number of hydrogen-bond acceptors (Lipinski definition) is 18. The molecule has 1 saturated heterocycles. The maximum Gasteiger partial charge on any atom is 0.243 e. The number of hydrogen-bond donors (Lipinski definition) is 14. The van der Waals surface area contributed by atoms with E-state index in [-0.39, 0.29) is 108 Å². The Labute approximate surface area is 520 Å². The van der Waals surface area contributed by atoms with E-state index in [4.69, 9.17) is 28.7 Å². The maximum absolute atomic E-state index is 14.7. The molecule has 19 N–H and O–H groups in total. The first kappa shape index (κ1) is 78.0. The van der Waals surface area contributed by atoms with Gasteiger partial charge in [0.25, 0.3) is 0 Å². The third-order valence-electron chi connectivity index (χ3n) is 16.3. The molecule has 88 heavy (non-hydrogen) atoms. The zero-order chi connectivity index (χ0) is 65.9. The van der Waals surface area contributed by atoms with Gasteiger partial charge in [-0.2, -0.15) is 0 Å². The fourth-order valence-electron chi connectivity index (χ4n) is 10.9. The Bertz CT molecular complexity index is 2360. The average Bonchev–Trinajstić information content (AvgIpc) is 3.56. The van der Waals surface area contributed by atoms with E-state index in [1.807, 2.05) is 20.8 Å². The number of aliphatic hydroxyl groups excluding tert-OH is 2. The first-order chi connectivity index (χ1) is 41.9. The number of unbranched alkanes of at least 4 members (excludes halogenated alkanes) is 5. The van der Waals surface area contributed by atoms with E-state index in [9.17, 15) is 63.0 Å². The highest BCUT2D eigenvalue weighted by molar-refractivity contribution is 5.99. The van der Waals surface area contributed by atoms with E-state index < -0.39 is 156 Å². The van der Waals surface area contributed by atoms with Crippen molar-refractivity contribution < 1.29 is 63.0 Å². The van der Waals surface area contributed by atoms with Crippen molar-refractivity contribution in [2.24, 2.45) is 64.2 Å². The van der Waals surface area contributed by atoms with Crippen LogP contribution in [0.3, 0.4) is 0 Å². The van der Waals surface area contributed by atoms with Crippen LogP contribution in [-0.4, -0.2) is 162 Å². The highest BCUT2D eigenvalue weighted by Crippen LogP contribution is 2.22. The first-order valence-electron chi connectivity index (χ1n) is 32.0. The van der Waals surface area contributed by atoms with Crippen LogP contribution in [-0.2, 0) is 59.2 Å². The lowest BCUT2D eigenvalue weighted by atomic mass is 9.88. The molecular weight excluding hydrogens is 1130 g/mol. The maximum atomic E-state index is 14.7. The predicted octanol–water partition coefficient (Wildman–Crippen LogP) is 0.288. The Morgan fingerprint density at radius 3 is 1.65 bits per heavy atom. The number of rotatable bonds is 34. The van der Waals surface area contributed by atoms with Crippen molar-refractivity contribution in [3.63, 3.8) is 0 Å². The molecule has 0 saturated carbocycles. The number of carbonyl (C=O) groups excluding carboxylic acids is 11. The second-order valence-corrected chi connectivity index (χ2v) is 24.1. The molecule has 2 rings (SSSR count). The summed E-state index contributed by atoms with van der Waals surface area (Å²) in [7, 11) is 0. The molecule has 13 atom stereocenters. The molecule has 1 aromatic rings. The van der Waals surface area contributed by atoms with Gasteiger partial charge in [0.1, 0.15) is 12.1 Å². The molecule has 1 aliphatic heterocycles. The van der Waals surface area contributed by atoms with Gasteiger partial charge in [0.05, 0.1) is 48.2 Å². The minimum absolute atomic E-state index is 0.0126. The lowest BCUT2D eigenvalue weighted by molar-refractivity contribution is -0.137. The largest absolute Gasteiger partial charge is 0.393 e. The lowest BCUT2D eigenvalue weighted by Gasteiger charge is -2.28. The minimum Gasteiger partial charge on any atom is -0.393 e. The van der Waals surface area contributed by atoms with Crippen molar-refractivity contribution in [3.05, 3.63) is 35.9 Å². The molecule has 1 aromatic carbocycles. The summed E-state index contributed by atoms with van der Waals surface area (Å²) in [5, 5.41) is 40.8. The van der Waals surface area contributed by atoms with Crippen LogP contribution in [0.2, 0.25) is 0 Å². The number of ketones is 4. The summed E-state index contributed by atoms with van der Waals surface area (Å²) in [4.78, 5) is 156. The van der Waals surface area contributed by atoms with Gasteiger partial charge < -0.3 is 76.1 Å². The van der Waals surface area contributed by atoms with Crippen molar-refractivity contribution in [3.8, 4) is 0 Å². The van der Waals surface area contributed by atoms with Gasteiger partial charge in [0, 0.05) is 50.0 Å². The van der Waals surface area contributed by atoms with Gasteiger partial charge in [0.15, 0.2) is 23.1 Å². The second kappa shape index (κ2) is 42.8. The fourth-order valence-corrected chi connectivity index (χ4v) is 10.9. The van der Waals surface area contributed by atoms with Crippen LogP contribution >= 0.6 is 0 Å². The molecular formula is C63H108N12O13. The SMILES string of the molecule is CCCCCCCC[C@H](CC)C(=O)N[C@@H](CCN)C(=O)C[C@H](C(=O)N[C@@H](CCN)C(=O)C[C@H]1CCNC(=O)[C@H](C(C)O)CC(=O)[C@H](CCN)NC(=O)[C@H](CCN)NC(=O)[C@H](CC(C)C)NC(=O)[C@@H](Cc2ccccc2)CC(=O)[C@H](CCN)NC1=O)[C@@H](C)O. The van der Waals surface area contributed by atoms with Crippen LogP contribution in [0.5, 0.6) is 0 Å². The van der Waals surface area contributed by atoms with Gasteiger partial charge in [-0.3, -0.25) is 52.7 Å². The van der Waals surface area contributed by atoms with Gasteiger partial charge in [-0.05, 0) is 122 Å². The summed E-state index contributed by atoms with van der Waals surface area (Å²) in [6.45, 7) is 9.51. The molecule has 1 fully saturated rings. The van der Waals surface area contributed by atoms with Gasteiger partial charge in [-0.25, -0.2) is 0 Å². The summed E-state index contributed by atoms with van der Waals surface area (Å²) in [5.41, 5.74) is 30.4. The van der Waals surface area contributed by atoms with Crippen LogP contribution in [0.1, 0.15) is 169 Å². The zero-order valence-electron chi connectivity index (χ0n) is 53.1. The van der Waals surface area contributed by atoms with Crippen molar-refractivity contribution in [1.29, 1.82) is 0 Å². The Balaban J connectivity index is 2.66. The molecule has 25 nitrogen and oxygen atoms in total. The standard InChI is InChI=1S/C63H108N12O13/c1-7-9-10-11-12-16-19-42(8-2)57(82)70-49(22-28-66)56(81)37-46(40(6)77)61(86)72-48(21-27-65)53(78)34-43-25-31-69-60(85)45(39(5)76)36-55(80)50(23-29-67)73-62(87)51(24-30-68)74-63(88)52(32-38(3)4)75-59(84)44(33-41-17-14-13-15-18-41)35-54(79)47(20-26-64)71-58(43)83/h13-15,17-18,38-40,42-52,76-77H,7-12,16,19-37,64-68H2,1-6H3,(H,69,85)(H,70,82)(H,71,83)(H,72,86)(H,73,87)(H,74,88)(H,75,84)/t39?,40-,42+,43-,44+,45+,46+,47+,48+,49+,50+,51+,52+/m1/s1. The predicted molar refractivity (Wildman–Crippen MR) is 335 cm³/mol. The first-order valence-corrected chi connectivity index (χ1v) is 32.0. The molecule has 1 unspecified atom stereocenters. The molecule has 0 spiro atoms. The summed E-state index contributed by atoms with van der Waals surface area (Å²) >= 11 is 0. The Morgan fingerprint density at radius 2 is 1.09 bits per heavy atom. The highest BCUT2D eigenvalue weighted by Gasteiger charge is 2.38. The van der Waals surface area contributed by atoms with Crippen LogP contribution in [0, 0.1) is 35.5 Å². The number of nitrogens with one attached hydrogen (secondary N) is 7. The van der Waals surface area contributed by atoms with Crippen LogP contribution in [0.15, 0.2) is 30.3 Å². The minimum atomic E-state index is -1.43. The molecule has 1 heterocycles. The van der Waals surface area contributed by atoms with Crippen LogP contribution in [0.25, 0.3) is 0 Å². The number of aliphatic hydroxyl groups is 2. The van der Waals surface area contributed by atoms with E-state index in [1.54, 1.807) is 30.3 Å². The van der Waals surface area contributed by atoms with Crippen LogP contribution in [0.4, 0.5) is 0 Å². The van der Waals surface area contributed by atoms with Gasteiger partial charge in [-0.15, -0.1) is 0 Å². The van der Waals surface area contributed by atoms with Gasteiger partial charge in [-0.1, -0.05) is 96.6 Å². The lowest BCUT2D eigenvalue weighted by Crippen LogP contribution is -2.57. The average molecular weight is 1240 g/mol. The number of amides is 7. The van der Waals surface area contributed by atoms with E-state index >= 15 is 0 Å². The summed E-state index contributed by atoms with van der Waals surface area (Å²) in [6.07, 6.45) is 1.77. The summed E-state index contributed by atoms with van der Waals surface area (Å²) < 4.78 is 0. The number of nitrogens with two attached hydrogens (primary N) is 5. The van der Waals surface area contributed by atoms with Crippen molar-refractivity contribution in [2.45, 2.75) is 218 Å². The fraction of sp³-hybridized carbons (Fsp3) is 0.730. The normalized spacial score (nSPS) is 22.8. The third-order valence-corrected chi connectivity index (χ3v) is 16.3. The van der Waals surface area contributed by atoms with E-state index in [0.717, 1.165) is 38.5 Å². The van der Waals surface area contributed by atoms with E-state index in [0.29, 0.717) is 18.4 Å². The van der Waals surface area contributed by atoms with Crippen LogP contribution < -0.4 is 65.9 Å². The second-order valence-electron chi connectivity index (χ2n) is 24.1. The van der Waals surface area contributed by atoms with Crippen molar-refractivity contribution in [1.82, 2.24) is 37.2 Å².